The smallest absolute Gasteiger partial charge is 0.0123 e. The summed E-state index contributed by atoms with van der Waals surface area (Å²) in [5, 5.41) is 0. The standard InChI is InChI=1S/C13H24/c1-7-13(6,12(4)5)10-8-9-11(2)3/h7,9,12H,1,8,10H2,2-6H3. The molecular formula is C13H24. The van der Waals surface area contributed by atoms with Crippen LogP contribution in [-0.2, 0) is 0 Å². The van der Waals surface area contributed by atoms with Gasteiger partial charge < -0.3 is 0 Å². The molecule has 0 bridgehead atoms. The van der Waals surface area contributed by atoms with Crippen LogP contribution in [0.15, 0.2) is 24.3 Å². The van der Waals surface area contributed by atoms with Gasteiger partial charge in [-0.05, 0) is 38.0 Å². The molecule has 0 spiro atoms. The Morgan fingerprint density at radius 2 is 1.92 bits per heavy atom. The zero-order chi connectivity index (χ0) is 10.5. The highest BCUT2D eigenvalue weighted by Gasteiger charge is 2.23. The molecular weight excluding hydrogens is 156 g/mol. The molecule has 0 aliphatic rings. The molecule has 1 unspecified atom stereocenters. The van der Waals surface area contributed by atoms with E-state index in [4.69, 9.17) is 0 Å². The van der Waals surface area contributed by atoms with Gasteiger partial charge in [0.15, 0.2) is 0 Å². The van der Waals surface area contributed by atoms with Crippen LogP contribution in [0.5, 0.6) is 0 Å². The molecule has 0 heteroatoms. The van der Waals surface area contributed by atoms with Gasteiger partial charge >= 0.3 is 0 Å². The van der Waals surface area contributed by atoms with E-state index in [-0.39, 0.29) is 0 Å². The Morgan fingerprint density at radius 1 is 1.38 bits per heavy atom. The van der Waals surface area contributed by atoms with Crippen molar-refractivity contribution in [3.05, 3.63) is 24.3 Å². The highest BCUT2D eigenvalue weighted by molar-refractivity contribution is 4.98. The third-order valence-electron chi connectivity index (χ3n) is 3.02. The second kappa shape index (κ2) is 5.26. The number of hydrogen-bond acceptors (Lipinski definition) is 0. The van der Waals surface area contributed by atoms with Crippen LogP contribution in [0.3, 0.4) is 0 Å². The van der Waals surface area contributed by atoms with Crippen molar-refractivity contribution in [1.82, 2.24) is 0 Å². The summed E-state index contributed by atoms with van der Waals surface area (Å²) in [5.74, 6) is 0.676. The molecule has 0 aliphatic carbocycles. The highest BCUT2D eigenvalue weighted by Crippen LogP contribution is 2.33. The van der Waals surface area contributed by atoms with Crippen LogP contribution < -0.4 is 0 Å². The van der Waals surface area contributed by atoms with E-state index >= 15 is 0 Å². The van der Waals surface area contributed by atoms with Gasteiger partial charge in [0.05, 0.1) is 0 Å². The molecule has 0 rings (SSSR count). The topological polar surface area (TPSA) is 0 Å². The number of allylic oxidation sites excluding steroid dienone is 3. The average molecular weight is 180 g/mol. The Balaban J connectivity index is 4.14. The largest absolute Gasteiger partial charge is 0.103 e. The van der Waals surface area contributed by atoms with E-state index in [1.165, 1.54) is 18.4 Å². The first-order chi connectivity index (χ1) is 5.92. The van der Waals surface area contributed by atoms with Gasteiger partial charge in [0.2, 0.25) is 0 Å². The summed E-state index contributed by atoms with van der Waals surface area (Å²) in [6.07, 6.45) is 6.79. The van der Waals surface area contributed by atoms with Crippen LogP contribution in [0.25, 0.3) is 0 Å². The highest BCUT2D eigenvalue weighted by atomic mass is 14.3. The van der Waals surface area contributed by atoms with E-state index in [0.717, 1.165) is 0 Å². The van der Waals surface area contributed by atoms with Crippen molar-refractivity contribution in [3.8, 4) is 0 Å². The van der Waals surface area contributed by atoms with Gasteiger partial charge in [-0.15, -0.1) is 6.58 Å². The average Bonchev–Trinajstić information content (AvgIpc) is 2.03. The molecule has 0 radical (unpaired) electrons. The lowest BCUT2D eigenvalue weighted by atomic mass is 9.75. The zero-order valence-corrected chi connectivity index (χ0v) is 9.85. The molecule has 0 saturated heterocycles. The quantitative estimate of drug-likeness (QED) is 0.543. The minimum atomic E-state index is 0.298. The first-order valence-electron chi connectivity index (χ1n) is 5.19. The van der Waals surface area contributed by atoms with E-state index in [1.807, 2.05) is 0 Å². The van der Waals surface area contributed by atoms with Crippen molar-refractivity contribution in [2.24, 2.45) is 11.3 Å². The molecule has 13 heavy (non-hydrogen) atoms. The van der Waals surface area contributed by atoms with Gasteiger partial charge in [0, 0.05) is 0 Å². The van der Waals surface area contributed by atoms with Crippen molar-refractivity contribution in [3.63, 3.8) is 0 Å². The fourth-order valence-electron chi connectivity index (χ4n) is 1.30. The van der Waals surface area contributed by atoms with E-state index in [0.29, 0.717) is 11.3 Å². The molecule has 76 valence electrons. The monoisotopic (exact) mass is 180 g/mol. The Morgan fingerprint density at radius 3 is 2.23 bits per heavy atom. The van der Waals surface area contributed by atoms with Gasteiger partial charge in [0.25, 0.3) is 0 Å². The predicted molar refractivity (Wildman–Crippen MR) is 61.8 cm³/mol. The molecule has 0 heterocycles. The second-order valence-corrected chi connectivity index (χ2v) is 4.68. The van der Waals surface area contributed by atoms with E-state index < -0.39 is 0 Å². The maximum atomic E-state index is 3.93. The molecule has 0 N–H and O–H groups in total. The van der Waals surface area contributed by atoms with Gasteiger partial charge in [-0.25, -0.2) is 0 Å². The Kier molecular flexibility index (Phi) is 5.05. The minimum absolute atomic E-state index is 0.298. The summed E-state index contributed by atoms with van der Waals surface area (Å²) in [6, 6.07) is 0. The summed E-state index contributed by atoms with van der Waals surface area (Å²) >= 11 is 0. The fraction of sp³-hybridized carbons (Fsp3) is 0.692. The van der Waals surface area contributed by atoms with Gasteiger partial charge in [-0.3, -0.25) is 0 Å². The first-order valence-corrected chi connectivity index (χ1v) is 5.19. The molecule has 0 saturated carbocycles. The molecule has 0 nitrogen and oxygen atoms in total. The van der Waals surface area contributed by atoms with Crippen LogP contribution in [0.1, 0.15) is 47.5 Å². The molecule has 0 amide bonds. The number of hydrogen-bond donors (Lipinski definition) is 0. The SMILES string of the molecule is C=CC(C)(CCC=C(C)C)C(C)C. The molecule has 0 aromatic heterocycles. The molecule has 0 fully saturated rings. The minimum Gasteiger partial charge on any atom is -0.103 e. The summed E-state index contributed by atoms with van der Waals surface area (Å²) in [5.41, 5.74) is 1.71. The normalized spacial score (nSPS) is 15.2. The summed E-state index contributed by atoms with van der Waals surface area (Å²) < 4.78 is 0. The van der Waals surface area contributed by atoms with Crippen LogP contribution >= 0.6 is 0 Å². The van der Waals surface area contributed by atoms with Crippen molar-refractivity contribution in [2.75, 3.05) is 0 Å². The second-order valence-electron chi connectivity index (χ2n) is 4.68. The third kappa shape index (κ3) is 4.31. The van der Waals surface area contributed by atoms with Crippen molar-refractivity contribution >= 4 is 0 Å². The van der Waals surface area contributed by atoms with E-state index in [9.17, 15) is 0 Å². The van der Waals surface area contributed by atoms with Gasteiger partial charge in [0.1, 0.15) is 0 Å². The van der Waals surface area contributed by atoms with Gasteiger partial charge in [-0.2, -0.15) is 0 Å². The fourth-order valence-corrected chi connectivity index (χ4v) is 1.30. The van der Waals surface area contributed by atoms with Crippen LogP contribution in [-0.4, -0.2) is 0 Å². The zero-order valence-electron chi connectivity index (χ0n) is 9.85. The predicted octanol–water partition coefficient (Wildman–Crippen LogP) is 4.58. The van der Waals surface area contributed by atoms with Crippen LogP contribution in [0.2, 0.25) is 0 Å². The van der Waals surface area contributed by atoms with Gasteiger partial charge in [-0.1, -0.05) is 38.5 Å². The Bertz CT molecular complexity index is 182. The lowest BCUT2D eigenvalue weighted by Gasteiger charge is -2.29. The third-order valence-corrected chi connectivity index (χ3v) is 3.02. The molecule has 0 aliphatic heterocycles. The van der Waals surface area contributed by atoms with Crippen molar-refractivity contribution in [2.45, 2.75) is 47.5 Å². The summed E-state index contributed by atoms with van der Waals surface area (Å²) in [7, 11) is 0. The molecule has 0 aromatic carbocycles. The Labute approximate surface area is 83.7 Å². The van der Waals surface area contributed by atoms with Crippen LogP contribution in [0, 0.1) is 11.3 Å². The summed E-state index contributed by atoms with van der Waals surface area (Å²) in [4.78, 5) is 0. The molecule has 1 atom stereocenters. The summed E-state index contributed by atoms with van der Waals surface area (Å²) in [6.45, 7) is 15.1. The van der Waals surface area contributed by atoms with Crippen LogP contribution in [0.4, 0.5) is 0 Å². The Hall–Kier alpha value is -0.520. The molecule has 0 aromatic rings. The van der Waals surface area contributed by atoms with E-state index in [2.05, 4.69) is 53.3 Å². The van der Waals surface area contributed by atoms with E-state index in [1.54, 1.807) is 0 Å². The number of rotatable bonds is 5. The maximum absolute atomic E-state index is 3.93. The lowest BCUT2D eigenvalue weighted by molar-refractivity contribution is 0.278. The van der Waals surface area contributed by atoms with Crippen molar-refractivity contribution in [1.29, 1.82) is 0 Å². The lowest BCUT2D eigenvalue weighted by Crippen LogP contribution is -2.19. The maximum Gasteiger partial charge on any atom is -0.0123 e. The van der Waals surface area contributed by atoms with Crippen molar-refractivity contribution < 1.29 is 0 Å². The first kappa shape index (κ1) is 12.5.